The Kier molecular flexibility index (Phi) is 34.8. The summed E-state index contributed by atoms with van der Waals surface area (Å²) in [5.41, 5.74) is 15.3. The van der Waals surface area contributed by atoms with Gasteiger partial charge in [0.1, 0.15) is 103 Å². The summed E-state index contributed by atoms with van der Waals surface area (Å²) in [5.74, 6) is 4.55. The van der Waals surface area contributed by atoms with Crippen molar-refractivity contribution in [3.05, 3.63) is 304 Å². The smallest absolute Gasteiger partial charge is 0.183 e. The molecule has 0 aliphatic carbocycles. The number of hydrogen-bond acceptors (Lipinski definition) is 23. The molecule has 0 saturated carbocycles. The van der Waals surface area contributed by atoms with Crippen LogP contribution in [0.4, 0.5) is 13.9 Å². The van der Waals surface area contributed by atoms with Crippen LogP contribution in [0.3, 0.4) is 0 Å². The summed E-state index contributed by atoms with van der Waals surface area (Å²) in [6.45, 7) is 39.7. The number of aliphatic hydroxyl groups is 6. The number of aliphatic hydroxyl groups excluding tert-OH is 6. The van der Waals surface area contributed by atoms with Gasteiger partial charge in [-0.3, -0.25) is 0 Å². The van der Waals surface area contributed by atoms with E-state index in [2.05, 4.69) is 39.1 Å². The zero-order valence-corrected chi connectivity index (χ0v) is 85.7. The minimum Gasteiger partial charge on any atom is -0.497 e. The maximum Gasteiger partial charge on any atom is 0.183 e. The van der Waals surface area contributed by atoms with Gasteiger partial charge in [0.25, 0.3) is 0 Å². The number of hydrogen-bond donors (Lipinski definition) is 7. The van der Waals surface area contributed by atoms with Crippen LogP contribution in [0.5, 0.6) is 40.2 Å². The van der Waals surface area contributed by atoms with Crippen molar-refractivity contribution in [1.29, 1.82) is 5.26 Å². The molecule has 0 spiro atoms. The molecule has 0 saturated heterocycles. The third kappa shape index (κ3) is 29.9. The third-order valence-corrected chi connectivity index (χ3v) is 21.9. The van der Waals surface area contributed by atoms with Gasteiger partial charge in [0.05, 0.1) is 113 Å². The highest BCUT2D eigenvalue weighted by molar-refractivity contribution is 7.14. The largest absolute Gasteiger partial charge is 0.497 e. The number of rotatable bonds is 20. The van der Waals surface area contributed by atoms with Crippen molar-refractivity contribution in [2.45, 2.75) is 218 Å². The molecule has 0 atom stereocenters. The van der Waals surface area contributed by atoms with E-state index >= 15 is 0 Å². The van der Waals surface area contributed by atoms with Crippen LogP contribution in [0.25, 0.3) is 122 Å². The Balaban J connectivity index is 0.000000152. The molecule has 7 aromatic heterocycles. The van der Waals surface area contributed by atoms with Gasteiger partial charge in [0, 0.05) is 102 Å². The van der Waals surface area contributed by atoms with Crippen molar-refractivity contribution < 1.29 is 72.6 Å². The van der Waals surface area contributed by atoms with Crippen molar-refractivity contribution in [3.8, 4) is 103 Å². The van der Waals surface area contributed by atoms with Crippen LogP contribution in [-0.4, -0.2) is 112 Å². The van der Waals surface area contributed by atoms with Crippen LogP contribution >= 0.6 is 22.9 Å². The molecule has 17 aromatic rings. The van der Waals surface area contributed by atoms with Gasteiger partial charge >= 0.3 is 0 Å². The molecule has 26 heteroatoms. The van der Waals surface area contributed by atoms with Crippen molar-refractivity contribution in [1.82, 2.24) is 34.9 Å². The summed E-state index contributed by atoms with van der Waals surface area (Å²) >= 11 is 7.79. The number of anilines is 1. The summed E-state index contributed by atoms with van der Waals surface area (Å²) < 4.78 is 68.5. The van der Waals surface area contributed by atoms with E-state index in [9.17, 15) is 39.4 Å². The Morgan fingerprint density at radius 2 is 0.662 bits per heavy atom. The highest BCUT2D eigenvalue weighted by Crippen LogP contribution is 2.42. The second-order valence-electron chi connectivity index (χ2n) is 40.0. The van der Waals surface area contributed by atoms with E-state index in [1.54, 1.807) is 54.8 Å². The monoisotopic (exact) mass is 1960 g/mol. The van der Waals surface area contributed by atoms with Gasteiger partial charge in [0.2, 0.25) is 0 Å². The molecule has 0 bridgehead atoms. The standard InChI is InChI=1S/C21H23NO3.2C20H20FNO2.C20H25N3O2S.C20H21NO2.C15H15ClN2O2/c1-21(2,3)25-20-12-18(15-6-8-16(24-4)9-7-15)22-19-11-14(13-23)5-10-17(19)20;1-20(2,3)24-19-11-17(14-5-7-15(21)8-6-14)22-18-10-13(12-23)4-9-16(18)19;1-20(2,3)24-19-11-17(14-5-4-6-15(21)10-14)22-18-9-13(12-23)7-8-16(18)19;1-12(2)21-19-23-17(11-26-19)16-9-18(25-20(3,4)5)14-7-6-13(10-24)8-15(14)22-16;1-20(2,3)23-19-12-17(15-7-5-4-6-8-15)21-18-11-14(13-22)9-10-16(18)19;1-15(2,3)20-12-6-10(7-17)18-14-11(12)5-4-9(8-19)13(14)16/h5-12,23H,13H2,1-4H3;2*4-11,23H,12H2,1-3H3;6-9,11-12,24H,10H2,1-5H3,(H,21,23);4-12,22H,13H2,1-3H3;4-6,19H,8H2,1-3H3. The number of pyridine rings is 6. The number of nitrogens with one attached hydrogen (secondary N) is 1. The van der Waals surface area contributed by atoms with Crippen LogP contribution in [0, 0.1) is 23.0 Å². The highest BCUT2D eigenvalue weighted by atomic mass is 35.5. The molecule has 0 amide bonds. The summed E-state index contributed by atoms with van der Waals surface area (Å²) in [6, 6.07) is 75.9. The van der Waals surface area contributed by atoms with E-state index < -0.39 is 5.60 Å². The molecule has 17 rings (SSSR count). The first kappa shape index (κ1) is 107. The summed E-state index contributed by atoms with van der Waals surface area (Å²) in [7, 11) is 1.65. The van der Waals surface area contributed by atoms with Crippen molar-refractivity contribution in [2.75, 3.05) is 12.4 Å². The van der Waals surface area contributed by atoms with Crippen molar-refractivity contribution in [3.63, 3.8) is 0 Å². The maximum atomic E-state index is 13.6. The number of nitriles is 1. The van der Waals surface area contributed by atoms with Gasteiger partial charge in [-0.1, -0.05) is 90.5 Å². The fourth-order valence-electron chi connectivity index (χ4n) is 14.7. The van der Waals surface area contributed by atoms with Gasteiger partial charge in [-0.2, -0.15) is 5.26 Å². The summed E-state index contributed by atoms with van der Waals surface area (Å²) in [6.07, 6.45) is 0. The van der Waals surface area contributed by atoms with Crippen LogP contribution in [0.2, 0.25) is 5.02 Å². The second-order valence-corrected chi connectivity index (χ2v) is 41.3. The predicted molar refractivity (Wildman–Crippen MR) is 566 cm³/mol. The number of methoxy groups -OCH3 is 1. The summed E-state index contributed by atoms with van der Waals surface area (Å²) in [5, 5.41) is 77.1. The average molecular weight is 1960 g/mol. The lowest BCUT2D eigenvalue weighted by molar-refractivity contribution is 0.132. The number of ether oxygens (including phenoxy) is 7. The molecule has 7 N–H and O–H groups in total. The lowest BCUT2D eigenvalue weighted by Crippen LogP contribution is -2.23. The number of aromatic nitrogens is 7. The molecule has 0 aliphatic heterocycles. The normalized spacial score (nSPS) is 11.7. The van der Waals surface area contributed by atoms with Gasteiger partial charge < -0.3 is 69.1 Å². The number of thiazole rings is 1. The Labute approximate surface area is 837 Å². The minimum absolute atomic E-state index is 0.00262. The number of nitrogens with zero attached hydrogens (tertiary/aromatic N) is 8. The quantitative estimate of drug-likeness (QED) is 0.0373. The number of benzene rings is 10. The molecule has 0 unspecified atom stereocenters. The van der Waals surface area contributed by atoms with Crippen LogP contribution in [0.1, 0.15) is 178 Å². The Bertz CT molecular complexity index is 7310. The van der Waals surface area contributed by atoms with E-state index in [0.29, 0.717) is 56.1 Å². The van der Waals surface area contributed by atoms with Crippen molar-refractivity contribution in [2.24, 2.45) is 0 Å². The molecule has 0 aliphatic rings. The molecular weight excluding hydrogens is 1830 g/mol. The molecular formula is C116H124ClF2N9O13S. The zero-order chi connectivity index (χ0) is 103. The van der Waals surface area contributed by atoms with E-state index in [1.807, 2.05) is 318 Å². The first-order valence-corrected chi connectivity index (χ1v) is 47.9. The minimum atomic E-state index is -0.400. The number of fused-ring (bicyclic) bond motifs is 6. The first-order valence-electron chi connectivity index (χ1n) is 46.6. The molecule has 142 heavy (non-hydrogen) atoms. The SMILES string of the molecule is CC(C)(C)Oc1cc(-c2ccc(F)cc2)nc2cc(CO)ccc12.CC(C)(C)Oc1cc(-c2cccc(F)c2)nc2cc(CO)ccc12.CC(C)(C)Oc1cc(-c2ccccc2)nc2cc(CO)ccc12.CC(C)(C)Oc1cc(C#N)nc2c(Cl)c(CO)ccc12.CC(C)Nc1nc(-c2cc(OC(C)(C)C)c3ccc(CO)cc3n2)cs1.COc1ccc(-c2cc(OC(C)(C)C)c3ccc(CO)cc3n2)cc1. The van der Waals surface area contributed by atoms with Crippen molar-refractivity contribution >= 4 is 93.5 Å². The molecule has 7 heterocycles. The number of halogens is 3. The molecule has 738 valence electrons. The van der Waals surface area contributed by atoms with E-state index in [4.69, 9.17) is 65.0 Å². The maximum absolute atomic E-state index is 13.6. The predicted octanol–water partition coefficient (Wildman–Crippen LogP) is 26.9. The highest BCUT2D eigenvalue weighted by Gasteiger charge is 2.26. The summed E-state index contributed by atoms with van der Waals surface area (Å²) in [4.78, 5) is 32.4. The fraction of sp³-hybridized carbons (Fsp3) is 0.293. The van der Waals surface area contributed by atoms with Gasteiger partial charge in [-0.25, -0.2) is 43.7 Å². The van der Waals surface area contributed by atoms with Gasteiger partial charge in [-0.15, -0.1) is 11.3 Å². The fourth-order valence-corrected chi connectivity index (χ4v) is 15.8. The lowest BCUT2D eigenvalue weighted by atomic mass is 10.1. The Hall–Kier alpha value is -13.9. The second kappa shape index (κ2) is 46.2. The Morgan fingerprint density at radius 3 is 0.993 bits per heavy atom. The van der Waals surface area contributed by atoms with E-state index in [1.165, 1.54) is 24.3 Å². The van der Waals surface area contributed by atoms with Crippen LogP contribution in [-0.2, 0) is 39.6 Å². The molecule has 10 aromatic carbocycles. The third-order valence-electron chi connectivity index (χ3n) is 20.7. The Morgan fingerprint density at radius 1 is 0.338 bits per heavy atom. The molecule has 0 radical (unpaired) electrons. The van der Waals surface area contributed by atoms with Crippen LogP contribution < -0.4 is 38.5 Å². The molecule has 22 nitrogen and oxygen atoms in total. The topological polar surface area (TPSA) is 312 Å². The zero-order valence-electron chi connectivity index (χ0n) is 84.2. The van der Waals surface area contributed by atoms with Gasteiger partial charge in [-0.05, 0) is 299 Å². The molecule has 0 fully saturated rings. The average Bonchev–Trinajstić information content (AvgIpc) is 1.20. The van der Waals surface area contributed by atoms with Crippen LogP contribution in [0.15, 0.2) is 248 Å². The van der Waals surface area contributed by atoms with Gasteiger partial charge in [0.15, 0.2) is 5.13 Å². The lowest BCUT2D eigenvalue weighted by Gasteiger charge is -2.23. The van der Waals surface area contributed by atoms with E-state index in [0.717, 1.165) is 156 Å². The first-order chi connectivity index (χ1) is 67.2. The van der Waals surface area contributed by atoms with E-state index in [-0.39, 0.29) is 85.0 Å².